The Bertz CT molecular complexity index is 2040. The molecule has 1 aliphatic heterocycles. The van der Waals surface area contributed by atoms with Crippen molar-refractivity contribution in [2.45, 2.75) is 46.3 Å². The summed E-state index contributed by atoms with van der Waals surface area (Å²) in [5.74, 6) is -0.147. The normalized spacial score (nSPS) is 18.7. The average Bonchev–Trinajstić information content (AvgIpc) is 3.81. The Labute approximate surface area is 263 Å². The van der Waals surface area contributed by atoms with E-state index in [1.165, 1.54) is 11.6 Å². The summed E-state index contributed by atoms with van der Waals surface area (Å²) in [5.41, 5.74) is 5.70. The standard InChI is InChI=1S/C38H27F2N3OS/c39-30-20-31(40)33(21-32(30)43-22-27-23-15-16-24(18-23)37(27)42-43)44-26-9-7-8-25(19-26)38(36-14-5-6-17-41-36)28-10-1-3-12-34(28)45-35-13-4-2-11-29(35)38/h1-14,17,19-24H,15-16,18H2/t23-,24+/m0/s1. The molecule has 220 valence electrons. The minimum atomic E-state index is -0.773. The number of pyridine rings is 1. The fourth-order valence-electron chi connectivity index (χ4n) is 7.67. The first-order valence-corrected chi connectivity index (χ1v) is 16.1. The van der Waals surface area contributed by atoms with Gasteiger partial charge in [0, 0.05) is 40.2 Å². The van der Waals surface area contributed by atoms with Gasteiger partial charge in [-0.15, -0.1) is 0 Å². The van der Waals surface area contributed by atoms with E-state index >= 15 is 8.78 Å². The summed E-state index contributed by atoms with van der Waals surface area (Å²) in [6, 6.07) is 32.8. The third-order valence-corrected chi connectivity index (χ3v) is 10.8. The number of halogens is 2. The van der Waals surface area contributed by atoms with Crippen molar-refractivity contribution in [3.63, 3.8) is 0 Å². The molecule has 2 aliphatic carbocycles. The quantitative estimate of drug-likeness (QED) is 0.194. The monoisotopic (exact) mass is 611 g/mol. The molecule has 0 radical (unpaired) electrons. The lowest BCUT2D eigenvalue weighted by Crippen LogP contribution is -2.34. The fraction of sp³-hybridized carbons (Fsp3) is 0.158. The van der Waals surface area contributed by atoms with Crippen LogP contribution >= 0.6 is 11.8 Å². The van der Waals surface area contributed by atoms with Crippen molar-refractivity contribution < 1.29 is 13.5 Å². The van der Waals surface area contributed by atoms with Crippen LogP contribution in [-0.2, 0) is 5.41 Å². The molecule has 2 bridgehead atoms. The number of rotatable bonds is 5. The number of nitrogens with zero attached hydrogens (tertiary/aromatic N) is 3. The van der Waals surface area contributed by atoms with Gasteiger partial charge >= 0.3 is 0 Å². The third kappa shape index (κ3) is 4.03. The highest BCUT2D eigenvalue weighted by atomic mass is 32.2. The lowest BCUT2D eigenvalue weighted by atomic mass is 9.66. The second-order valence-corrected chi connectivity index (χ2v) is 13.1. The molecule has 0 amide bonds. The number of hydrogen-bond donors (Lipinski definition) is 0. The molecule has 9 rings (SSSR count). The largest absolute Gasteiger partial charge is 0.454 e. The molecule has 0 spiro atoms. The molecule has 4 aromatic carbocycles. The summed E-state index contributed by atoms with van der Waals surface area (Å²) in [6.45, 7) is 0. The van der Waals surface area contributed by atoms with Crippen molar-refractivity contribution >= 4 is 11.8 Å². The van der Waals surface area contributed by atoms with Gasteiger partial charge in [0.2, 0.25) is 0 Å². The summed E-state index contributed by atoms with van der Waals surface area (Å²) < 4.78 is 38.3. The lowest BCUT2D eigenvalue weighted by Gasteiger charge is -2.40. The molecule has 2 aromatic heterocycles. The maximum atomic E-state index is 15.3. The molecule has 0 unspecified atom stereocenters. The van der Waals surface area contributed by atoms with Gasteiger partial charge in [-0.05, 0) is 83.8 Å². The maximum absolute atomic E-state index is 15.3. The van der Waals surface area contributed by atoms with Crippen LogP contribution in [0, 0.1) is 11.6 Å². The van der Waals surface area contributed by atoms with Crippen LogP contribution < -0.4 is 4.74 Å². The zero-order valence-corrected chi connectivity index (χ0v) is 25.0. The molecular weight excluding hydrogens is 585 g/mol. The Morgan fingerprint density at radius 2 is 1.53 bits per heavy atom. The van der Waals surface area contributed by atoms with E-state index in [0.29, 0.717) is 17.6 Å². The molecule has 6 aromatic rings. The Morgan fingerprint density at radius 1 is 0.778 bits per heavy atom. The van der Waals surface area contributed by atoms with Crippen LogP contribution in [0.5, 0.6) is 11.5 Å². The molecule has 1 saturated carbocycles. The summed E-state index contributed by atoms with van der Waals surface area (Å²) in [6.07, 6.45) is 7.12. The van der Waals surface area contributed by atoms with E-state index in [1.807, 2.05) is 36.7 Å². The highest BCUT2D eigenvalue weighted by molar-refractivity contribution is 7.99. The number of aromatic nitrogens is 3. The molecule has 7 heteroatoms. The zero-order chi connectivity index (χ0) is 30.1. The molecular formula is C38H27F2N3OS. The first-order chi connectivity index (χ1) is 22.1. The summed E-state index contributed by atoms with van der Waals surface area (Å²) in [5, 5.41) is 4.73. The summed E-state index contributed by atoms with van der Waals surface area (Å²) in [7, 11) is 0. The van der Waals surface area contributed by atoms with E-state index in [-0.39, 0.29) is 11.4 Å². The third-order valence-electron chi connectivity index (χ3n) is 9.63. The van der Waals surface area contributed by atoms with Crippen LogP contribution in [0.3, 0.4) is 0 Å². The Hall–Kier alpha value is -4.75. The van der Waals surface area contributed by atoms with Crippen molar-refractivity contribution in [2.75, 3.05) is 0 Å². The van der Waals surface area contributed by atoms with Gasteiger partial charge in [0.05, 0.1) is 16.8 Å². The van der Waals surface area contributed by atoms with E-state index in [4.69, 9.17) is 14.8 Å². The van der Waals surface area contributed by atoms with Gasteiger partial charge in [0.1, 0.15) is 11.4 Å². The second-order valence-electron chi connectivity index (χ2n) is 12.0. The molecule has 2 atom stereocenters. The lowest BCUT2D eigenvalue weighted by molar-refractivity contribution is 0.435. The van der Waals surface area contributed by atoms with Crippen molar-refractivity contribution in [1.29, 1.82) is 0 Å². The smallest absolute Gasteiger partial charge is 0.168 e. The Kier molecular flexibility index (Phi) is 6.00. The summed E-state index contributed by atoms with van der Waals surface area (Å²) in [4.78, 5) is 7.19. The fourth-order valence-corrected chi connectivity index (χ4v) is 8.87. The first kappa shape index (κ1) is 26.6. The molecule has 3 heterocycles. The molecule has 3 aliphatic rings. The van der Waals surface area contributed by atoms with Crippen LogP contribution in [-0.4, -0.2) is 14.8 Å². The van der Waals surface area contributed by atoms with Crippen LogP contribution in [0.1, 0.15) is 64.7 Å². The average molecular weight is 612 g/mol. The number of benzene rings is 4. The predicted octanol–water partition coefficient (Wildman–Crippen LogP) is 9.55. The van der Waals surface area contributed by atoms with Gasteiger partial charge in [0.15, 0.2) is 17.4 Å². The van der Waals surface area contributed by atoms with E-state index in [2.05, 4.69) is 60.7 Å². The van der Waals surface area contributed by atoms with Gasteiger partial charge in [-0.2, -0.15) is 5.10 Å². The second kappa shape index (κ2) is 10.1. The molecule has 4 nitrogen and oxygen atoms in total. The van der Waals surface area contributed by atoms with Crippen LogP contribution in [0.2, 0.25) is 0 Å². The number of ether oxygens (including phenoxy) is 1. The minimum absolute atomic E-state index is 0.0610. The molecule has 0 saturated heterocycles. The van der Waals surface area contributed by atoms with Crippen molar-refractivity contribution in [3.05, 3.63) is 161 Å². The van der Waals surface area contributed by atoms with Crippen LogP contribution in [0.25, 0.3) is 5.69 Å². The Balaban J connectivity index is 1.17. The van der Waals surface area contributed by atoms with Gasteiger partial charge in [0.25, 0.3) is 0 Å². The van der Waals surface area contributed by atoms with Crippen molar-refractivity contribution in [1.82, 2.24) is 14.8 Å². The topological polar surface area (TPSA) is 39.9 Å². The number of hydrogen-bond acceptors (Lipinski definition) is 4. The van der Waals surface area contributed by atoms with Gasteiger partial charge < -0.3 is 4.74 Å². The molecule has 1 fully saturated rings. The van der Waals surface area contributed by atoms with E-state index in [9.17, 15) is 0 Å². The highest BCUT2D eigenvalue weighted by Crippen LogP contribution is 2.56. The van der Waals surface area contributed by atoms with Crippen molar-refractivity contribution in [2.24, 2.45) is 0 Å². The predicted molar refractivity (Wildman–Crippen MR) is 170 cm³/mol. The molecule has 45 heavy (non-hydrogen) atoms. The van der Waals surface area contributed by atoms with Gasteiger partial charge in [-0.3, -0.25) is 4.98 Å². The SMILES string of the molecule is Fc1cc(F)c(-n2cc3c(n2)[C@@H]2CC[C@H]3C2)cc1Oc1cccc(C2(c3ccccn3)c3ccccc3Sc3ccccc32)c1. The van der Waals surface area contributed by atoms with Crippen LogP contribution in [0.15, 0.2) is 125 Å². The first-order valence-electron chi connectivity index (χ1n) is 15.3. The van der Waals surface area contributed by atoms with E-state index < -0.39 is 17.0 Å². The van der Waals surface area contributed by atoms with E-state index in [0.717, 1.165) is 63.2 Å². The molecule has 0 N–H and O–H groups in total. The van der Waals surface area contributed by atoms with Gasteiger partial charge in [-0.25, -0.2) is 13.5 Å². The highest BCUT2D eigenvalue weighted by Gasteiger charge is 2.45. The van der Waals surface area contributed by atoms with Crippen LogP contribution in [0.4, 0.5) is 8.78 Å². The zero-order valence-electron chi connectivity index (χ0n) is 24.2. The van der Waals surface area contributed by atoms with Crippen molar-refractivity contribution in [3.8, 4) is 17.2 Å². The number of fused-ring (bicyclic) bond motifs is 7. The van der Waals surface area contributed by atoms with E-state index in [1.54, 1.807) is 22.5 Å². The Morgan fingerprint density at radius 3 is 2.29 bits per heavy atom. The van der Waals surface area contributed by atoms with Gasteiger partial charge in [-0.1, -0.05) is 66.4 Å². The summed E-state index contributed by atoms with van der Waals surface area (Å²) >= 11 is 1.74. The maximum Gasteiger partial charge on any atom is 0.168 e. The minimum Gasteiger partial charge on any atom is -0.454 e.